The highest BCUT2D eigenvalue weighted by Crippen LogP contribution is 2.26. The van der Waals surface area contributed by atoms with Crippen molar-refractivity contribution >= 4 is 17.3 Å². The van der Waals surface area contributed by atoms with Gasteiger partial charge in [-0.15, -0.1) is 0 Å². The van der Waals surface area contributed by atoms with Gasteiger partial charge in [-0.3, -0.25) is 14.8 Å². The van der Waals surface area contributed by atoms with E-state index in [1.54, 1.807) is 12.1 Å². The largest absolute Gasteiger partial charge is 0.372 e. The Hall–Kier alpha value is -3.54. The fraction of sp³-hybridized carbons (Fsp3) is 0.321. The first-order valence-corrected chi connectivity index (χ1v) is 12.0. The number of halogens is 1. The second kappa shape index (κ2) is 9.75. The number of hydrogen-bond acceptors (Lipinski definition) is 4. The number of pyridine rings is 1. The number of piperidine rings is 1. The molecule has 2 aliphatic rings. The van der Waals surface area contributed by atoms with Crippen molar-refractivity contribution in [2.75, 3.05) is 18.0 Å². The SMILES string of the molecule is C[C@@H](NC(=O)Cc1cc2c(cn1)C(c1ccc(N3CCCCC3)cc1)=NC2)c1ccc(F)cc1. The van der Waals surface area contributed by atoms with Crippen LogP contribution < -0.4 is 10.2 Å². The Balaban J connectivity index is 1.23. The summed E-state index contributed by atoms with van der Waals surface area (Å²) < 4.78 is 13.1. The van der Waals surface area contributed by atoms with Crippen molar-refractivity contribution in [3.8, 4) is 0 Å². The molecule has 1 N–H and O–H groups in total. The number of amides is 1. The van der Waals surface area contributed by atoms with Gasteiger partial charge in [0, 0.05) is 36.1 Å². The number of nitrogens with one attached hydrogen (secondary N) is 1. The summed E-state index contributed by atoms with van der Waals surface area (Å²) in [6, 6.07) is 16.6. The molecule has 6 heteroatoms. The Labute approximate surface area is 199 Å². The number of fused-ring (bicyclic) bond motifs is 1. The average molecular weight is 457 g/mol. The zero-order valence-electron chi connectivity index (χ0n) is 19.4. The third kappa shape index (κ3) is 4.86. The zero-order chi connectivity index (χ0) is 23.5. The van der Waals surface area contributed by atoms with E-state index in [1.165, 1.54) is 37.1 Å². The summed E-state index contributed by atoms with van der Waals surface area (Å²) in [7, 11) is 0. The molecule has 1 atom stereocenters. The number of benzene rings is 2. The van der Waals surface area contributed by atoms with Crippen LogP contribution in [0.25, 0.3) is 0 Å². The van der Waals surface area contributed by atoms with Crippen LogP contribution in [0.4, 0.5) is 10.1 Å². The van der Waals surface area contributed by atoms with Crippen molar-refractivity contribution < 1.29 is 9.18 Å². The van der Waals surface area contributed by atoms with E-state index >= 15 is 0 Å². The van der Waals surface area contributed by atoms with Crippen LogP contribution in [0.2, 0.25) is 0 Å². The van der Waals surface area contributed by atoms with Crippen molar-refractivity contribution in [1.82, 2.24) is 10.3 Å². The van der Waals surface area contributed by atoms with Gasteiger partial charge in [-0.05, 0) is 67.6 Å². The van der Waals surface area contributed by atoms with E-state index in [2.05, 4.69) is 39.5 Å². The monoisotopic (exact) mass is 456 g/mol. The molecule has 3 aromatic rings. The van der Waals surface area contributed by atoms with Crippen molar-refractivity contribution in [3.63, 3.8) is 0 Å². The molecule has 0 bridgehead atoms. The molecule has 2 aromatic carbocycles. The lowest BCUT2D eigenvalue weighted by atomic mass is 10.0. The highest BCUT2D eigenvalue weighted by Gasteiger charge is 2.20. The van der Waals surface area contributed by atoms with E-state index in [-0.39, 0.29) is 24.2 Å². The molecular weight excluding hydrogens is 427 g/mol. The third-order valence-corrected chi connectivity index (χ3v) is 6.66. The first kappa shape index (κ1) is 22.3. The van der Waals surface area contributed by atoms with Crippen molar-refractivity contribution in [2.24, 2.45) is 4.99 Å². The van der Waals surface area contributed by atoms with Crippen LogP contribution in [0.15, 0.2) is 65.8 Å². The van der Waals surface area contributed by atoms with Crippen LogP contribution >= 0.6 is 0 Å². The number of anilines is 1. The van der Waals surface area contributed by atoms with E-state index in [0.29, 0.717) is 6.54 Å². The van der Waals surface area contributed by atoms with Crippen LogP contribution in [0, 0.1) is 5.82 Å². The van der Waals surface area contributed by atoms with Gasteiger partial charge in [-0.2, -0.15) is 0 Å². The fourth-order valence-corrected chi connectivity index (χ4v) is 4.76. The Kier molecular flexibility index (Phi) is 6.39. The smallest absolute Gasteiger partial charge is 0.226 e. The van der Waals surface area contributed by atoms with Gasteiger partial charge in [0.25, 0.3) is 0 Å². The Morgan fingerprint density at radius 2 is 1.79 bits per heavy atom. The summed E-state index contributed by atoms with van der Waals surface area (Å²) in [5, 5.41) is 2.96. The first-order valence-electron chi connectivity index (χ1n) is 12.0. The highest BCUT2D eigenvalue weighted by atomic mass is 19.1. The van der Waals surface area contributed by atoms with E-state index < -0.39 is 0 Å². The minimum atomic E-state index is -0.288. The van der Waals surface area contributed by atoms with Crippen LogP contribution in [0.3, 0.4) is 0 Å². The molecule has 5 nitrogen and oxygen atoms in total. The van der Waals surface area contributed by atoms with Gasteiger partial charge < -0.3 is 10.2 Å². The van der Waals surface area contributed by atoms with Gasteiger partial charge >= 0.3 is 0 Å². The first-order chi connectivity index (χ1) is 16.6. The van der Waals surface area contributed by atoms with Gasteiger partial charge in [0.05, 0.1) is 30.4 Å². The molecule has 0 unspecified atom stereocenters. The molecule has 1 saturated heterocycles. The molecule has 1 fully saturated rings. The number of aliphatic imine (C=N–C) groups is 1. The maximum Gasteiger partial charge on any atom is 0.226 e. The van der Waals surface area contributed by atoms with Crippen LogP contribution in [0.5, 0.6) is 0 Å². The lowest BCUT2D eigenvalue weighted by Crippen LogP contribution is -2.29. The fourth-order valence-electron chi connectivity index (χ4n) is 4.76. The Morgan fingerprint density at radius 1 is 1.06 bits per heavy atom. The quantitative estimate of drug-likeness (QED) is 0.569. The summed E-state index contributed by atoms with van der Waals surface area (Å²) in [5.41, 5.74) is 7.06. The molecule has 0 spiro atoms. The Morgan fingerprint density at radius 3 is 2.53 bits per heavy atom. The summed E-state index contributed by atoms with van der Waals surface area (Å²) in [4.78, 5) is 24.3. The summed E-state index contributed by atoms with van der Waals surface area (Å²) >= 11 is 0. The van der Waals surface area contributed by atoms with Crippen LogP contribution in [-0.2, 0) is 17.8 Å². The second-order valence-corrected chi connectivity index (χ2v) is 9.11. The maximum atomic E-state index is 13.1. The molecule has 5 rings (SSSR count). The summed E-state index contributed by atoms with van der Waals surface area (Å²) in [5.74, 6) is -0.402. The van der Waals surface area contributed by atoms with Crippen molar-refractivity contribution in [3.05, 3.63) is 94.6 Å². The molecule has 0 aliphatic carbocycles. The molecule has 34 heavy (non-hydrogen) atoms. The molecule has 1 amide bonds. The van der Waals surface area contributed by atoms with E-state index in [0.717, 1.165) is 46.7 Å². The predicted molar refractivity (Wildman–Crippen MR) is 133 cm³/mol. The zero-order valence-corrected chi connectivity index (χ0v) is 19.4. The number of aromatic nitrogens is 1. The maximum absolute atomic E-state index is 13.1. The lowest BCUT2D eigenvalue weighted by molar-refractivity contribution is -0.121. The Bertz CT molecular complexity index is 1200. The molecule has 174 valence electrons. The number of carbonyl (C=O) groups excluding carboxylic acids is 1. The number of hydrogen-bond donors (Lipinski definition) is 1. The highest BCUT2D eigenvalue weighted by molar-refractivity contribution is 6.15. The standard InChI is InChI=1S/C28H29FN4O/c1-19(20-5-9-23(29)10-6-20)32-27(34)16-24-15-22-17-31-28(26(22)18-30-24)21-7-11-25(12-8-21)33-13-3-2-4-14-33/h5-12,15,18-19H,2-4,13-14,16-17H2,1H3,(H,32,34)/t19-/m1/s1. The van der Waals surface area contributed by atoms with Crippen molar-refractivity contribution in [1.29, 1.82) is 0 Å². The molecule has 0 radical (unpaired) electrons. The normalized spacial score (nSPS) is 16.1. The van der Waals surface area contributed by atoms with Crippen molar-refractivity contribution in [2.45, 2.75) is 45.2 Å². The van der Waals surface area contributed by atoms with Crippen LogP contribution in [0.1, 0.15) is 60.2 Å². The third-order valence-electron chi connectivity index (χ3n) is 6.66. The van der Waals surface area contributed by atoms with Gasteiger partial charge in [0.2, 0.25) is 5.91 Å². The van der Waals surface area contributed by atoms with E-state index in [4.69, 9.17) is 4.99 Å². The second-order valence-electron chi connectivity index (χ2n) is 9.11. The van der Waals surface area contributed by atoms with Gasteiger partial charge in [-0.1, -0.05) is 24.3 Å². The molecule has 3 heterocycles. The van der Waals surface area contributed by atoms with E-state index in [1.807, 2.05) is 19.2 Å². The molecule has 2 aliphatic heterocycles. The predicted octanol–water partition coefficient (Wildman–Crippen LogP) is 4.98. The number of nitrogens with zero attached hydrogens (tertiary/aromatic N) is 3. The lowest BCUT2D eigenvalue weighted by Gasteiger charge is -2.28. The summed E-state index contributed by atoms with van der Waals surface area (Å²) in [6.45, 7) is 4.75. The minimum absolute atomic E-state index is 0.114. The average Bonchev–Trinajstić information content (AvgIpc) is 3.28. The topological polar surface area (TPSA) is 57.6 Å². The van der Waals surface area contributed by atoms with Gasteiger partial charge in [0.15, 0.2) is 0 Å². The molecule has 0 saturated carbocycles. The number of carbonyl (C=O) groups is 1. The van der Waals surface area contributed by atoms with Gasteiger partial charge in [-0.25, -0.2) is 4.39 Å². The van der Waals surface area contributed by atoms with Gasteiger partial charge in [0.1, 0.15) is 5.82 Å². The molecular formula is C28H29FN4O. The molecule has 1 aromatic heterocycles. The summed E-state index contributed by atoms with van der Waals surface area (Å²) in [6.07, 6.45) is 5.88. The number of rotatable bonds is 6. The van der Waals surface area contributed by atoms with Crippen LogP contribution in [-0.4, -0.2) is 29.7 Å². The van der Waals surface area contributed by atoms with E-state index in [9.17, 15) is 9.18 Å². The minimum Gasteiger partial charge on any atom is -0.372 e.